The molecule has 0 saturated carbocycles. The number of hydrogen-bond acceptors (Lipinski definition) is 4. The fourth-order valence-corrected chi connectivity index (χ4v) is 4.31. The quantitative estimate of drug-likeness (QED) is 0.835. The zero-order valence-electron chi connectivity index (χ0n) is 14.8. The highest BCUT2D eigenvalue weighted by molar-refractivity contribution is 8.00. The van der Waals surface area contributed by atoms with Gasteiger partial charge in [0.05, 0.1) is 11.4 Å². The van der Waals surface area contributed by atoms with Crippen LogP contribution in [0.4, 0.5) is 5.69 Å². The lowest BCUT2D eigenvalue weighted by atomic mass is 9.92. The van der Waals surface area contributed by atoms with Gasteiger partial charge in [-0.1, -0.05) is 24.3 Å². The summed E-state index contributed by atoms with van der Waals surface area (Å²) in [6.07, 6.45) is 0.485. The maximum absolute atomic E-state index is 13.2. The number of nitrogens with one attached hydrogen (secondary N) is 2. The molecule has 0 unspecified atom stereocenters. The van der Waals surface area contributed by atoms with E-state index in [0.717, 1.165) is 16.0 Å². The molecule has 0 fully saturated rings. The highest BCUT2D eigenvalue weighted by atomic mass is 32.2. The normalized spacial score (nSPS) is 18.2. The Bertz CT molecular complexity index is 944. The number of anilines is 1. The van der Waals surface area contributed by atoms with Gasteiger partial charge in [0.1, 0.15) is 6.04 Å². The average molecular weight is 381 g/mol. The molecule has 1 atom stereocenters. The van der Waals surface area contributed by atoms with Crippen LogP contribution in [0.1, 0.15) is 21.5 Å². The highest BCUT2D eigenvalue weighted by Gasteiger charge is 2.34. The van der Waals surface area contributed by atoms with E-state index in [1.54, 1.807) is 24.1 Å². The third-order valence-electron chi connectivity index (χ3n) is 4.92. The lowest BCUT2D eigenvalue weighted by Crippen LogP contribution is -2.51. The number of carbonyl (C=O) groups is 3. The summed E-state index contributed by atoms with van der Waals surface area (Å²) in [6, 6.07) is 12.6. The maximum atomic E-state index is 13.2. The SMILES string of the molecule is CNC(=O)[C@@H]1Cc2ccccc2CN1C(=O)c1ccc2c(c1)NC(=O)CS2. The Morgan fingerprint density at radius 2 is 1.96 bits per heavy atom. The van der Waals surface area contributed by atoms with Crippen LogP contribution in [0.3, 0.4) is 0 Å². The molecule has 27 heavy (non-hydrogen) atoms. The minimum Gasteiger partial charge on any atom is -0.357 e. The fraction of sp³-hybridized carbons (Fsp3) is 0.250. The van der Waals surface area contributed by atoms with E-state index in [-0.39, 0.29) is 17.7 Å². The molecule has 2 aromatic rings. The molecule has 0 saturated heterocycles. The van der Waals surface area contributed by atoms with Gasteiger partial charge in [0.25, 0.3) is 5.91 Å². The maximum Gasteiger partial charge on any atom is 0.254 e. The lowest BCUT2D eigenvalue weighted by Gasteiger charge is -2.36. The molecule has 2 heterocycles. The zero-order chi connectivity index (χ0) is 19.0. The Morgan fingerprint density at radius 3 is 2.74 bits per heavy atom. The van der Waals surface area contributed by atoms with Gasteiger partial charge in [-0.05, 0) is 29.3 Å². The molecule has 0 bridgehead atoms. The Balaban J connectivity index is 1.68. The lowest BCUT2D eigenvalue weighted by molar-refractivity contribution is -0.125. The first-order chi connectivity index (χ1) is 13.1. The fourth-order valence-electron chi connectivity index (χ4n) is 3.52. The number of hydrogen-bond donors (Lipinski definition) is 2. The van der Waals surface area contributed by atoms with Crippen LogP contribution in [0.15, 0.2) is 47.4 Å². The predicted molar refractivity (Wildman–Crippen MR) is 104 cm³/mol. The molecule has 3 amide bonds. The largest absolute Gasteiger partial charge is 0.357 e. The molecular formula is C20H19N3O3S. The molecule has 0 radical (unpaired) electrons. The molecule has 0 aliphatic carbocycles. The van der Waals surface area contributed by atoms with Crippen molar-refractivity contribution in [3.63, 3.8) is 0 Å². The van der Waals surface area contributed by atoms with Crippen molar-refractivity contribution in [2.45, 2.75) is 23.9 Å². The average Bonchev–Trinajstić information content (AvgIpc) is 2.71. The molecule has 4 rings (SSSR count). The van der Waals surface area contributed by atoms with Crippen molar-refractivity contribution in [2.24, 2.45) is 0 Å². The molecule has 6 nitrogen and oxygen atoms in total. The summed E-state index contributed by atoms with van der Waals surface area (Å²) in [7, 11) is 1.58. The van der Waals surface area contributed by atoms with Gasteiger partial charge in [0.2, 0.25) is 11.8 Å². The van der Waals surface area contributed by atoms with Crippen LogP contribution >= 0.6 is 11.8 Å². The Morgan fingerprint density at radius 1 is 1.19 bits per heavy atom. The summed E-state index contributed by atoms with van der Waals surface area (Å²) in [4.78, 5) is 39.9. The zero-order valence-corrected chi connectivity index (χ0v) is 15.6. The van der Waals surface area contributed by atoms with Crippen LogP contribution in [0.5, 0.6) is 0 Å². The number of rotatable bonds is 2. The summed E-state index contributed by atoms with van der Waals surface area (Å²) in [6.45, 7) is 0.380. The molecule has 2 N–H and O–H groups in total. The topological polar surface area (TPSA) is 78.5 Å². The monoisotopic (exact) mass is 381 g/mol. The van der Waals surface area contributed by atoms with Gasteiger partial charge in [-0.3, -0.25) is 14.4 Å². The van der Waals surface area contributed by atoms with Gasteiger partial charge in [-0.2, -0.15) is 0 Å². The number of benzene rings is 2. The van der Waals surface area contributed by atoms with Crippen molar-refractivity contribution < 1.29 is 14.4 Å². The van der Waals surface area contributed by atoms with Crippen LogP contribution in [-0.4, -0.2) is 41.5 Å². The second-order valence-corrected chi connectivity index (χ2v) is 7.60. The number of fused-ring (bicyclic) bond motifs is 2. The van der Waals surface area contributed by atoms with Crippen LogP contribution in [0.25, 0.3) is 0 Å². The molecule has 0 spiro atoms. The molecule has 2 aliphatic heterocycles. The minimum atomic E-state index is -0.558. The van der Waals surface area contributed by atoms with E-state index in [1.807, 2.05) is 30.3 Å². The van der Waals surface area contributed by atoms with Crippen LogP contribution in [0.2, 0.25) is 0 Å². The smallest absolute Gasteiger partial charge is 0.254 e. The third-order valence-corrected chi connectivity index (χ3v) is 5.99. The summed E-state index contributed by atoms with van der Waals surface area (Å²) < 4.78 is 0. The van der Waals surface area contributed by atoms with E-state index in [1.165, 1.54) is 11.8 Å². The first-order valence-electron chi connectivity index (χ1n) is 8.73. The van der Waals surface area contributed by atoms with E-state index in [0.29, 0.717) is 30.0 Å². The van der Waals surface area contributed by atoms with Gasteiger partial charge < -0.3 is 15.5 Å². The van der Waals surface area contributed by atoms with Crippen molar-refractivity contribution in [1.29, 1.82) is 0 Å². The Hall–Kier alpha value is -2.80. The number of carbonyl (C=O) groups excluding carboxylic acids is 3. The van der Waals surface area contributed by atoms with E-state index in [9.17, 15) is 14.4 Å². The van der Waals surface area contributed by atoms with E-state index in [4.69, 9.17) is 0 Å². The number of amides is 3. The van der Waals surface area contributed by atoms with Gasteiger partial charge in [0, 0.05) is 30.5 Å². The van der Waals surface area contributed by atoms with Crippen molar-refractivity contribution in [1.82, 2.24) is 10.2 Å². The molecule has 138 valence electrons. The summed E-state index contributed by atoms with van der Waals surface area (Å²) in [5, 5.41) is 5.47. The Labute approximate surface area is 161 Å². The van der Waals surface area contributed by atoms with Crippen molar-refractivity contribution in [3.8, 4) is 0 Å². The minimum absolute atomic E-state index is 0.0766. The molecule has 2 aromatic carbocycles. The first kappa shape index (κ1) is 17.6. The second-order valence-electron chi connectivity index (χ2n) is 6.58. The summed E-state index contributed by atoms with van der Waals surface area (Å²) >= 11 is 1.45. The van der Waals surface area contributed by atoms with E-state index >= 15 is 0 Å². The van der Waals surface area contributed by atoms with Crippen molar-refractivity contribution >= 4 is 35.2 Å². The standard InChI is InChI=1S/C20H19N3O3S/c1-21-19(25)16-9-12-4-2-3-5-14(12)10-23(16)20(26)13-6-7-17-15(8-13)22-18(24)11-27-17/h2-8,16H,9-11H2,1H3,(H,21,25)(H,22,24)/t16-/m0/s1. The molecule has 7 heteroatoms. The van der Waals surface area contributed by atoms with Crippen LogP contribution in [-0.2, 0) is 22.6 Å². The number of thioether (sulfide) groups is 1. The van der Waals surface area contributed by atoms with E-state index in [2.05, 4.69) is 10.6 Å². The number of nitrogens with zero attached hydrogens (tertiary/aromatic N) is 1. The van der Waals surface area contributed by atoms with Gasteiger partial charge in [-0.15, -0.1) is 11.8 Å². The van der Waals surface area contributed by atoms with Crippen LogP contribution in [0, 0.1) is 0 Å². The van der Waals surface area contributed by atoms with Crippen molar-refractivity contribution in [3.05, 3.63) is 59.2 Å². The van der Waals surface area contributed by atoms with Crippen LogP contribution < -0.4 is 10.6 Å². The Kier molecular flexibility index (Phi) is 4.61. The molecule has 2 aliphatic rings. The second kappa shape index (κ2) is 7.08. The number of likely N-dealkylation sites (N-methyl/N-ethyl adjacent to an activating group) is 1. The van der Waals surface area contributed by atoms with Crippen molar-refractivity contribution in [2.75, 3.05) is 18.1 Å². The molecular weight excluding hydrogens is 362 g/mol. The predicted octanol–water partition coefficient (Wildman–Crippen LogP) is 2.04. The van der Waals surface area contributed by atoms with Gasteiger partial charge >= 0.3 is 0 Å². The summed E-state index contributed by atoms with van der Waals surface area (Å²) in [5.41, 5.74) is 3.25. The highest BCUT2D eigenvalue weighted by Crippen LogP contribution is 2.33. The third kappa shape index (κ3) is 3.30. The van der Waals surface area contributed by atoms with Gasteiger partial charge in [0.15, 0.2) is 0 Å². The van der Waals surface area contributed by atoms with Gasteiger partial charge in [-0.25, -0.2) is 0 Å². The van der Waals surface area contributed by atoms with E-state index < -0.39 is 6.04 Å². The molecule has 0 aromatic heterocycles. The summed E-state index contributed by atoms with van der Waals surface area (Å²) in [5.74, 6) is -0.0975. The first-order valence-corrected chi connectivity index (χ1v) is 9.71.